The molecule has 1 aliphatic heterocycles. The van der Waals surface area contributed by atoms with Crippen molar-refractivity contribution in [2.75, 3.05) is 18.1 Å². The van der Waals surface area contributed by atoms with Crippen molar-refractivity contribution >= 4 is 17.7 Å². The number of ether oxygens (including phenoxy) is 2. The molecule has 160 valence electrons. The van der Waals surface area contributed by atoms with E-state index in [4.69, 9.17) is 15.2 Å². The minimum Gasteiger partial charge on any atom is -0.434 e. The highest BCUT2D eigenvalue weighted by Gasteiger charge is 2.28. The van der Waals surface area contributed by atoms with Crippen LogP contribution in [-0.2, 0) is 16.0 Å². The van der Waals surface area contributed by atoms with E-state index in [9.17, 15) is 9.59 Å². The number of carbonyl (C=O) groups is 2. The lowest BCUT2D eigenvalue weighted by molar-refractivity contribution is -0.119. The van der Waals surface area contributed by atoms with E-state index in [2.05, 4.69) is 13.0 Å². The van der Waals surface area contributed by atoms with Gasteiger partial charge in [0.05, 0.1) is 6.61 Å². The Morgan fingerprint density at radius 1 is 1.20 bits per heavy atom. The third-order valence-corrected chi connectivity index (χ3v) is 5.44. The fraction of sp³-hybridized carbons (Fsp3) is 0.417. The van der Waals surface area contributed by atoms with Crippen molar-refractivity contribution in [3.8, 4) is 5.75 Å². The highest BCUT2D eigenvalue weighted by Crippen LogP contribution is 2.32. The lowest BCUT2D eigenvalue weighted by Crippen LogP contribution is -2.40. The summed E-state index contributed by atoms with van der Waals surface area (Å²) in [4.78, 5) is 26.6. The molecule has 6 nitrogen and oxygen atoms in total. The summed E-state index contributed by atoms with van der Waals surface area (Å²) in [6.07, 6.45) is 0.453. The van der Waals surface area contributed by atoms with Crippen molar-refractivity contribution in [3.63, 3.8) is 0 Å². The molecule has 0 aromatic heterocycles. The third kappa shape index (κ3) is 4.82. The van der Waals surface area contributed by atoms with Gasteiger partial charge in [-0.05, 0) is 73.6 Å². The summed E-state index contributed by atoms with van der Waals surface area (Å²) in [5.74, 6) is 0.833. The van der Waals surface area contributed by atoms with Gasteiger partial charge in [0.25, 0.3) is 0 Å². The summed E-state index contributed by atoms with van der Waals surface area (Å²) in [6.45, 7) is 8.64. The maximum absolute atomic E-state index is 13.2. The van der Waals surface area contributed by atoms with E-state index < -0.39 is 12.2 Å². The van der Waals surface area contributed by atoms with Crippen LogP contribution in [0.4, 0.5) is 10.5 Å². The maximum atomic E-state index is 13.2. The van der Waals surface area contributed by atoms with Gasteiger partial charge in [0.15, 0.2) is 0 Å². The zero-order valence-corrected chi connectivity index (χ0v) is 18.1. The van der Waals surface area contributed by atoms with Crippen LogP contribution in [0.15, 0.2) is 36.4 Å². The second-order valence-corrected chi connectivity index (χ2v) is 8.01. The zero-order valence-electron chi connectivity index (χ0n) is 18.1. The quantitative estimate of drug-likeness (QED) is 0.582. The molecule has 2 atom stereocenters. The van der Waals surface area contributed by atoms with Gasteiger partial charge >= 0.3 is 6.16 Å². The van der Waals surface area contributed by atoms with Crippen LogP contribution in [0.1, 0.15) is 48.6 Å². The Hall–Kier alpha value is -2.86. The number of rotatable bonds is 5. The number of hydrogen-bond acceptors (Lipinski definition) is 5. The molecule has 30 heavy (non-hydrogen) atoms. The van der Waals surface area contributed by atoms with Gasteiger partial charge in [-0.25, -0.2) is 4.79 Å². The van der Waals surface area contributed by atoms with Gasteiger partial charge in [0, 0.05) is 24.7 Å². The molecule has 2 N–H and O–H groups in total. The molecule has 0 spiro atoms. The molecule has 2 unspecified atom stereocenters. The molecule has 3 rings (SSSR count). The number of benzene rings is 2. The average Bonchev–Trinajstić information content (AvgIpc) is 2.66. The van der Waals surface area contributed by atoms with Crippen molar-refractivity contribution in [1.82, 2.24) is 0 Å². The summed E-state index contributed by atoms with van der Waals surface area (Å²) in [6, 6.07) is 11.1. The second-order valence-electron chi connectivity index (χ2n) is 8.01. The molecule has 0 aliphatic carbocycles. The smallest absolute Gasteiger partial charge is 0.434 e. The van der Waals surface area contributed by atoms with Crippen LogP contribution >= 0.6 is 0 Å². The van der Waals surface area contributed by atoms with E-state index >= 15 is 0 Å². The van der Waals surface area contributed by atoms with Crippen LogP contribution < -0.4 is 15.4 Å². The number of amides is 1. The molecule has 1 heterocycles. The number of aryl methyl sites for hydroxylation is 2. The topological polar surface area (TPSA) is 81.9 Å². The minimum atomic E-state index is -0.735. The van der Waals surface area contributed by atoms with Crippen molar-refractivity contribution < 1.29 is 19.1 Å². The van der Waals surface area contributed by atoms with Crippen molar-refractivity contribution in [2.45, 2.75) is 46.6 Å². The van der Waals surface area contributed by atoms with Crippen LogP contribution in [0.25, 0.3) is 0 Å². The van der Waals surface area contributed by atoms with E-state index in [0.29, 0.717) is 18.2 Å². The lowest BCUT2D eigenvalue weighted by Gasteiger charge is -2.34. The summed E-state index contributed by atoms with van der Waals surface area (Å²) in [7, 11) is 0. The maximum Gasteiger partial charge on any atom is 0.513 e. The lowest BCUT2D eigenvalue weighted by atomic mass is 9.91. The molecule has 0 saturated carbocycles. The molecule has 1 amide bonds. The Kier molecular flexibility index (Phi) is 6.77. The van der Waals surface area contributed by atoms with Gasteiger partial charge in [0.2, 0.25) is 5.91 Å². The molecular formula is C24H30N2O4. The largest absolute Gasteiger partial charge is 0.513 e. The highest BCUT2D eigenvalue weighted by atomic mass is 16.7. The molecular weight excluding hydrogens is 380 g/mol. The first-order chi connectivity index (χ1) is 14.3. The number of hydrogen-bond donors (Lipinski definition) is 1. The number of para-hydroxylation sites is 1. The molecule has 0 bridgehead atoms. The molecule has 2 aromatic carbocycles. The normalized spacial score (nSPS) is 16.6. The monoisotopic (exact) mass is 410 g/mol. The Bertz CT molecular complexity index is 918. The number of nitrogens with two attached hydrogens (primary N) is 1. The Balaban J connectivity index is 1.77. The first-order valence-corrected chi connectivity index (χ1v) is 10.4. The second kappa shape index (κ2) is 9.30. The van der Waals surface area contributed by atoms with Gasteiger partial charge in [-0.15, -0.1) is 0 Å². The van der Waals surface area contributed by atoms with Crippen LogP contribution in [0.3, 0.4) is 0 Å². The summed E-state index contributed by atoms with van der Waals surface area (Å²) < 4.78 is 10.0. The zero-order chi connectivity index (χ0) is 21.8. The van der Waals surface area contributed by atoms with Gasteiger partial charge in [0.1, 0.15) is 5.75 Å². The predicted octanol–water partition coefficient (Wildman–Crippen LogP) is 4.45. The SMILES string of the molecule is CCOC(=O)Oc1cc(C)c(C(N)CC(=O)N2CC(C)Cc3ccccc32)c(C)c1. The molecule has 2 aromatic rings. The van der Waals surface area contributed by atoms with Crippen LogP contribution in [0.2, 0.25) is 0 Å². The summed E-state index contributed by atoms with van der Waals surface area (Å²) >= 11 is 0. The van der Waals surface area contributed by atoms with Gasteiger partial charge in [-0.2, -0.15) is 0 Å². The van der Waals surface area contributed by atoms with Gasteiger partial charge in [-0.3, -0.25) is 4.79 Å². The Morgan fingerprint density at radius 2 is 1.87 bits per heavy atom. The van der Waals surface area contributed by atoms with E-state index in [0.717, 1.165) is 28.8 Å². The predicted molar refractivity (Wildman–Crippen MR) is 117 cm³/mol. The first kappa shape index (κ1) is 21.8. The molecule has 1 aliphatic rings. The average molecular weight is 411 g/mol. The van der Waals surface area contributed by atoms with Gasteiger partial charge in [-0.1, -0.05) is 25.1 Å². The summed E-state index contributed by atoms with van der Waals surface area (Å²) in [5, 5.41) is 0. The van der Waals surface area contributed by atoms with E-state index in [1.165, 1.54) is 5.56 Å². The van der Waals surface area contributed by atoms with E-state index in [1.807, 2.05) is 36.9 Å². The molecule has 0 radical (unpaired) electrons. The molecule has 0 saturated heterocycles. The Labute approximate surface area is 178 Å². The number of nitrogens with zero attached hydrogens (tertiary/aromatic N) is 1. The molecule has 6 heteroatoms. The fourth-order valence-corrected chi connectivity index (χ4v) is 4.26. The van der Waals surface area contributed by atoms with Crippen LogP contribution in [0, 0.1) is 19.8 Å². The van der Waals surface area contributed by atoms with Crippen molar-refractivity contribution in [1.29, 1.82) is 0 Å². The third-order valence-electron chi connectivity index (χ3n) is 5.44. The number of fused-ring (bicyclic) bond motifs is 1. The molecule has 0 fully saturated rings. The van der Waals surface area contributed by atoms with E-state index in [-0.39, 0.29) is 18.9 Å². The summed E-state index contributed by atoms with van der Waals surface area (Å²) in [5.41, 5.74) is 11.3. The van der Waals surface area contributed by atoms with E-state index in [1.54, 1.807) is 19.1 Å². The standard InChI is InChI=1S/C24H30N2O4/c1-5-29-24(28)30-19-11-16(3)23(17(4)12-19)20(25)13-22(27)26-14-15(2)10-18-8-6-7-9-21(18)26/h6-9,11-12,15,20H,5,10,13-14,25H2,1-4H3. The number of carbonyl (C=O) groups excluding carboxylic acids is 2. The van der Waals surface area contributed by atoms with Gasteiger partial charge < -0.3 is 20.1 Å². The van der Waals surface area contributed by atoms with Crippen molar-refractivity contribution in [3.05, 3.63) is 58.7 Å². The number of anilines is 1. The van der Waals surface area contributed by atoms with Crippen LogP contribution in [0.5, 0.6) is 5.75 Å². The minimum absolute atomic E-state index is 0.0205. The Morgan fingerprint density at radius 3 is 2.53 bits per heavy atom. The van der Waals surface area contributed by atoms with Crippen LogP contribution in [-0.4, -0.2) is 25.2 Å². The first-order valence-electron chi connectivity index (χ1n) is 10.4. The fourth-order valence-electron chi connectivity index (χ4n) is 4.26. The van der Waals surface area contributed by atoms with Crippen molar-refractivity contribution in [2.24, 2.45) is 11.7 Å². The highest BCUT2D eigenvalue weighted by molar-refractivity contribution is 5.95.